The number of aromatic amines is 1. The molecule has 1 aromatic heterocycles. The van der Waals surface area contributed by atoms with E-state index in [4.69, 9.17) is 11.6 Å². The van der Waals surface area contributed by atoms with E-state index in [2.05, 4.69) is 56.1 Å². The van der Waals surface area contributed by atoms with Gasteiger partial charge in [0.05, 0.1) is 0 Å². The van der Waals surface area contributed by atoms with Crippen LogP contribution in [0.25, 0.3) is 22.0 Å². The quantitative estimate of drug-likeness (QED) is 0.304. The fraction of sp³-hybridized carbons (Fsp3) is 0.258. The summed E-state index contributed by atoms with van der Waals surface area (Å²) < 4.78 is 0. The first-order valence-electron chi connectivity index (χ1n) is 12.5. The molecule has 1 fully saturated rings. The molecule has 3 aromatic carbocycles. The monoisotopic (exact) mass is 527 g/mol. The van der Waals surface area contributed by atoms with Crippen LogP contribution >= 0.6 is 11.6 Å². The van der Waals surface area contributed by atoms with Crippen molar-refractivity contribution in [2.24, 2.45) is 5.92 Å². The van der Waals surface area contributed by atoms with Gasteiger partial charge in [-0.1, -0.05) is 87.0 Å². The van der Waals surface area contributed by atoms with E-state index in [0.717, 1.165) is 37.4 Å². The lowest BCUT2D eigenvalue weighted by atomic mass is 9.78. The smallest absolute Gasteiger partial charge is 0.332 e. The summed E-state index contributed by atoms with van der Waals surface area (Å²) in [4.78, 5) is 44.6. The van der Waals surface area contributed by atoms with Crippen molar-refractivity contribution in [2.45, 2.75) is 32.1 Å². The number of aromatic nitrogens is 1. The number of nitrogens with zero attached hydrogens (tertiary/aromatic N) is 2. The molecular formula is C31H30ClN3O3. The number of hydrogen-bond acceptors (Lipinski definition) is 3. The third-order valence-electron chi connectivity index (χ3n) is 7.47. The molecule has 1 aliphatic rings. The van der Waals surface area contributed by atoms with Gasteiger partial charge in [-0.15, -0.1) is 0 Å². The third kappa shape index (κ3) is 4.29. The van der Waals surface area contributed by atoms with Gasteiger partial charge >= 0.3 is 6.03 Å². The van der Waals surface area contributed by atoms with Crippen LogP contribution in [0.4, 0.5) is 4.79 Å². The second kappa shape index (κ2) is 9.44. The van der Waals surface area contributed by atoms with Gasteiger partial charge in [-0.05, 0) is 45.4 Å². The van der Waals surface area contributed by atoms with Gasteiger partial charge in [-0.3, -0.25) is 19.4 Å². The number of amides is 4. The Labute approximate surface area is 227 Å². The topological polar surface area (TPSA) is 73.5 Å². The van der Waals surface area contributed by atoms with Crippen molar-refractivity contribution >= 4 is 40.3 Å². The van der Waals surface area contributed by atoms with E-state index < -0.39 is 29.7 Å². The summed E-state index contributed by atoms with van der Waals surface area (Å²) >= 11 is 6.63. The number of carbonyl (C=O) groups is 3. The maximum Gasteiger partial charge on any atom is 0.332 e. The molecule has 0 saturated carbocycles. The van der Waals surface area contributed by atoms with E-state index in [1.165, 1.54) is 19.7 Å². The van der Waals surface area contributed by atoms with Crippen LogP contribution in [0.3, 0.4) is 0 Å². The number of imide groups is 2. The molecule has 6 nitrogen and oxygen atoms in total. The van der Waals surface area contributed by atoms with Gasteiger partial charge in [-0.2, -0.15) is 0 Å². The van der Waals surface area contributed by atoms with Crippen LogP contribution < -0.4 is 0 Å². The molecule has 4 amide bonds. The summed E-state index contributed by atoms with van der Waals surface area (Å²) in [7, 11) is 2.80. The highest BCUT2D eigenvalue weighted by Crippen LogP contribution is 2.42. The van der Waals surface area contributed by atoms with Crippen LogP contribution in [0.5, 0.6) is 0 Å². The molecule has 2 heterocycles. The zero-order valence-corrected chi connectivity index (χ0v) is 22.8. The van der Waals surface area contributed by atoms with E-state index in [9.17, 15) is 14.4 Å². The molecule has 38 heavy (non-hydrogen) atoms. The van der Waals surface area contributed by atoms with E-state index in [0.29, 0.717) is 10.6 Å². The molecule has 1 atom stereocenters. The van der Waals surface area contributed by atoms with Crippen LogP contribution in [-0.4, -0.2) is 46.7 Å². The SMILES string of the molecule is CN1C(=O)C(C(c2ccccc2Cl)c2c[nH]c3cc(-c4ccc(C(C)(C)C)cc4)ccc23)C(=O)N(C)C1=O. The molecule has 194 valence electrons. The zero-order chi connectivity index (χ0) is 27.4. The van der Waals surface area contributed by atoms with Crippen LogP contribution in [0.1, 0.15) is 43.4 Å². The van der Waals surface area contributed by atoms with Gasteiger partial charge in [0.25, 0.3) is 0 Å². The first-order valence-corrected chi connectivity index (χ1v) is 12.9. The van der Waals surface area contributed by atoms with E-state index in [-0.39, 0.29) is 5.41 Å². The van der Waals surface area contributed by atoms with Crippen LogP contribution in [0.15, 0.2) is 72.9 Å². The molecule has 7 heteroatoms. The second-order valence-corrected chi connectivity index (χ2v) is 11.3. The lowest BCUT2D eigenvalue weighted by Crippen LogP contribution is -2.58. The lowest BCUT2D eigenvalue weighted by Gasteiger charge is -2.37. The normalized spacial score (nSPS) is 16.0. The number of hydrogen-bond donors (Lipinski definition) is 1. The highest BCUT2D eigenvalue weighted by molar-refractivity contribution is 6.31. The minimum absolute atomic E-state index is 0.0747. The molecule has 1 saturated heterocycles. The fourth-order valence-corrected chi connectivity index (χ4v) is 5.48. The number of benzene rings is 3. The number of fused-ring (bicyclic) bond motifs is 1. The van der Waals surface area contributed by atoms with Crippen molar-refractivity contribution in [3.63, 3.8) is 0 Å². The fourth-order valence-electron chi connectivity index (χ4n) is 5.22. The molecule has 4 aromatic rings. The molecule has 0 radical (unpaired) electrons. The summed E-state index contributed by atoms with van der Waals surface area (Å²) in [6.45, 7) is 6.57. The van der Waals surface area contributed by atoms with Crippen molar-refractivity contribution < 1.29 is 14.4 Å². The highest BCUT2D eigenvalue weighted by atomic mass is 35.5. The summed E-state index contributed by atoms with van der Waals surface area (Å²) in [5.41, 5.74) is 5.79. The Morgan fingerprint density at radius 3 is 2.03 bits per heavy atom. The number of halogens is 1. The first kappa shape index (κ1) is 25.7. The second-order valence-electron chi connectivity index (χ2n) is 10.9. The third-order valence-corrected chi connectivity index (χ3v) is 7.82. The molecule has 0 spiro atoms. The predicted molar refractivity (Wildman–Crippen MR) is 150 cm³/mol. The zero-order valence-electron chi connectivity index (χ0n) is 22.1. The molecule has 0 aliphatic carbocycles. The predicted octanol–water partition coefficient (Wildman–Crippen LogP) is 6.58. The Morgan fingerprint density at radius 1 is 0.816 bits per heavy atom. The molecule has 1 N–H and O–H groups in total. The maximum absolute atomic E-state index is 13.4. The summed E-state index contributed by atoms with van der Waals surface area (Å²) in [6.07, 6.45) is 1.84. The summed E-state index contributed by atoms with van der Waals surface area (Å²) in [6, 6.07) is 21.2. The van der Waals surface area contributed by atoms with Crippen LogP contribution in [0.2, 0.25) is 5.02 Å². The van der Waals surface area contributed by atoms with Crippen molar-refractivity contribution in [1.29, 1.82) is 0 Å². The van der Waals surface area contributed by atoms with Gasteiger partial charge in [0.1, 0.15) is 5.92 Å². The molecule has 5 rings (SSSR count). The number of rotatable bonds is 4. The molecule has 0 bridgehead atoms. The van der Waals surface area contributed by atoms with Crippen molar-refractivity contribution in [3.8, 4) is 11.1 Å². The van der Waals surface area contributed by atoms with Crippen molar-refractivity contribution in [2.75, 3.05) is 14.1 Å². The maximum atomic E-state index is 13.4. The number of urea groups is 1. The Morgan fingerprint density at radius 2 is 1.42 bits per heavy atom. The van der Waals surface area contributed by atoms with E-state index in [1.54, 1.807) is 6.07 Å². The van der Waals surface area contributed by atoms with Gasteiger partial charge in [0.2, 0.25) is 11.8 Å². The number of carbonyl (C=O) groups excluding carboxylic acids is 3. The number of nitrogens with one attached hydrogen (secondary N) is 1. The van der Waals surface area contributed by atoms with Gasteiger partial charge in [0, 0.05) is 42.1 Å². The minimum atomic E-state index is -1.13. The number of barbiturate groups is 1. The average molecular weight is 528 g/mol. The first-order chi connectivity index (χ1) is 18.0. The van der Waals surface area contributed by atoms with E-state index in [1.807, 2.05) is 36.5 Å². The summed E-state index contributed by atoms with van der Waals surface area (Å²) in [5.74, 6) is -2.92. The Hall–Kier alpha value is -3.90. The van der Waals surface area contributed by atoms with Crippen LogP contribution in [0, 0.1) is 5.92 Å². The van der Waals surface area contributed by atoms with Crippen molar-refractivity contribution in [3.05, 3.63) is 94.6 Å². The van der Waals surface area contributed by atoms with Crippen molar-refractivity contribution in [1.82, 2.24) is 14.8 Å². The number of H-pyrrole nitrogens is 1. The molecule has 1 aliphatic heterocycles. The Balaban J connectivity index is 1.62. The van der Waals surface area contributed by atoms with E-state index >= 15 is 0 Å². The lowest BCUT2D eigenvalue weighted by molar-refractivity contribution is -0.148. The Bertz CT molecular complexity index is 1540. The summed E-state index contributed by atoms with van der Waals surface area (Å²) in [5, 5.41) is 1.33. The molecular weight excluding hydrogens is 498 g/mol. The van der Waals surface area contributed by atoms with Gasteiger partial charge in [-0.25, -0.2) is 4.79 Å². The van der Waals surface area contributed by atoms with Gasteiger partial charge < -0.3 is 4.98 Å². The van der Waals surface area contributed by atoms with Gasteiger partial charge in [0.15, 0.2) is 0 Å². The highest BCUT2D eigenvalue weighted by Gasteiger charge is 2.48. The Kier molecular flexibility index (Phi) is 6.40. The minimum Gasteiger partial charge on any atom is -0.361 e. The van der Waals surface area contributed by atoms with Crippen LogP contribution in [-0.2, 0) is 15.0 Å². The molecule has 1 unspecified atom stereocenters. The average Bonchev–Trinajstić information content (AvgIpc) is 3.32. The standard InChI is InChI=1S/C31H30ClN3O3/c1-31(2,3)20-13-10-18(11-14-20)19-12-15-21-23(17-33-25(21)16-19)26(22-8-6-7-9-24(22)32)27-28(36)34(4)30(38)35(5)29(27)37/h6-17,26-27,33H,1-5H3. The largest absolute Gasteiger partial charge is 0.361 e.